The van der Waals surface area contributed by atoms with Gasteiger partial charge in [0, 0.05) is 18.8 Å². The third-order valence-electron chi connectivity index (χ3n) is 2.75. The summed E-state index contributed by atoms with van der Waals surface area (Å²) in [5, 5.41) is 0. The maximum absolute atomic E-state index is 11.5. The molecule has 0 saturated heterocycles. The van der Waals surface area contributed by atoms with E-state index in [9.17, 15) is 14.4 Å². The molecule has 2 aliphatic carbocycles. The predicted octanol–water partition coefficient (Wildman–Crippen LogP) is 1.93. The second kappa shape index (κ2) is 5.19. The van der Waals surface area contributed by atoms with Gasteiger partial charge in [-0.05, 0) is 19.3 Å². The van der Waals surface area contributed by atoms with Crippen LogP contribution >= 0.6 is 0 Å². The zero-order valence-corrected chi connectivity index (χ0v) is 9.41. The van der Waals surface area contributed by atoms with Gasteiger partial charge in [0.25, 0.3) is 0 Å². The van der Waals surface area contributed by atoms with Gasteiger partial charge in [-0.1, -0.05) is 13.8 Å². The number of ketones is 3. The minimum Gasteiger partial charge on any atom is -0.298 e. The monoisotopic (exact) mass is 210 g/mol. The third kappa shape index (κ3) is 2.74. The van der Waals surface area contributed by atoms with Crippen LogP contribution in [0.25, 0.3) is 0 Å². The highest BCUT2D eigenvalue weighted by Gasteiger charge is 2.42. The molecule has 0 unspecified atom stereocenters. The molecule has 0 aromatic heterocycles. The Morgan fingerprint density at radius 1 is 1.07 bits per heavy atom. The maximum atomic E-state index is 11.5. The summed E-state index contributed by atoms with van der Waals surface area (Å²) in [5.74, 6) is -1.24. The fourth-order valence-electron chi connectivity index (χ4n) is 1.83. The van der Waals surface area contributed by atoms with Crippen LogP contribution in [-0.4, -0.2) is 17.3 Å². The molecule has 3 nitrogen and oxygen atoms in total. The molecule has 0 radical (unpaired) electrons. The van der Waals surface area contributed by atoms with E-state index in [-0.39, 0.29) is 23.3 Å². The Bertz CT molecular complexity index is 261. The molecule has 2 fully saturated rings. The fourth-order valence-corrected chi connectivity index (χ4v) is 1.83. The van der Waals surface area contributed by atoms with Crippen LogP contribution in [0, 0.1) is 11.8 Å². The van der Waals surface area contributed by atoms with Crippen molar-refractivity contribution in [3.05, 3.63) is 0 Å². The standard InChI is InChI=1S/C10H12O3.C2H6/c11-7-2-1-3-8(12)9(7)10(13)6-4-5-6;1-2/h6,9H,1-5H2;1-2H3. The zero-order valence-electron chi connectivity index (χ0n) is 9.41. The Morgan fingerprint density at radius 2 is 1.53 bits per heavy atom. The molecular formula is C12H18O3. The highest BCUT2D eigenvalue weighted by Crippen LogP contribution is 2.34. The third-order valence-corrected chi connectivity index (χ3v) is 2.75. The molecule has 0 N–H and O–H groups in total. The minimum absolute atomic E-state index is 0.0241. The van der Waals surface area contributed by atoms with Crippen molar-refractivity contribution in [1.82, 2.24) is 0 Å². The number of hydrogen-bond acceptors (Lipinski definition) is 3. The lowest BCUT2D eigenvalue weighted by Gasteiger charge is -2.17. The topological polar surface area (TPSA) is 51.2 Å². The van der Waals surface area contributed by atoms with Crippen LogP contribution in [0.4, 0.5) is 0 Å². The lowest BCUT2D eigenvalue weighted by atomic mass is 9.82. The van der Waals surface area contributed by atoms with Gasteiger partial charge in [0.05, 0.1) is 0 Å². The van der Waals surface area contributed by atoms with Crippen molar-refractivity contribution < 1.29 is 14.4 Å². The Morgan fingerprint density at radius 3 is 1.93 bits per heavy atom. The Hall–Kier alpha value is -0.990. The maximum Gasteiger partial charge on any atom is 0.153 e. The summed E-state index contributed by atoms with van der Waals surface area (Å²) in [6.45, 7) is 4.00. The number of hydrogen-bond donors (Lipinski definition) is 0. The summed E-state index contributed by atoms with van der Waals surface area (Å²) in [6, 6.07) is 0. The van der Waals surface area contributed by atoms with Crippen LogP contribution < -0.4 is 0 Å². The van der Waals surface area contributed by atoms with Gasteiger partial charge in [0.15, 0.2) is 17.3 Å². The molecule has 3 heteroatoms. The number of rotatable bonds is 2. The van der Waals surface area contributed by atoms with Crippen molar-refractivity contribution in [2.75, 3.05) is 0 Å². The van der Waals surface area contributed by atoms with E-state index >= 15 is 0 Å². The van der Waals surface area contributed by atoms with Gasteiger partial charge in [-0.15, -0.1) is 0 Å². The molecule has 84 valence electrons. The predicted molar refractivity (Wildman–Crippen MR) is 56.4 cm³/mol. The van der Waals surface area contributed by atoms with Gasteiger partial charge in [-0.3, -0.25) is 14.4 Å². The van der Waals surface area contributed by atoms with E-state index in [1.165, 1.54) is 0 Å². The van der Waals surface area contributed by atoms with E-state index in [1.807, 2.05) is 13.8 Å². The number of carbonyl (C=O) groups excluding carboxylic acids is 3. The highest BCUT2D eigenvalue weighted by molar-refractivity contribution is 6.21. The van der Waals surface area contributed by atoms with Gasteiger partial charge >= 0.3 is 0 Å². The van der Waals surface area contributed by atoms with Crippen LogP contribution in [0.2, 0.25) is 0 Å². The molecule has 0 amide bonds. The van der Waals surface area contributed by atoms with Crippen molar-refractivity contribution in [1.29, 1.82) is 0 Å². The molecule has 2 saturated carbocycles. The number of carbonyl (C=O) groups is 3. The molecule has 0 bridgehead atoms. The van der Waals surface area contributed by atoms with Crippen LogP contribution in [0.5, 0.6) is 0 Å². The summed E-state index contributed by atoms with van der Waals surface area (Å²) >= 11 is 0. The lowest BCUT2D eigenvalue weighted by Crippen LogP contribution is -2.36. The molecule has 2 rings (SSSR count). The zero-order chi connectivity index (χ0) is 11.4. The highest BCUT2D eigenvalue weighted by atomic mass is 16.2. The first-order valence-corrected chi connectivity index (χ1v) is 5.79. The van der Waals surface area contributed by atoms with Gasteiger partial charge in [0.1, 0.15) is 5.92 Å². The average molecular weight is 210 g/mol. The second-order valence-corrected chi connectivity index (χ2v) is 3.90. The van der Waals surface area contributed by atoms with Gasteiger partial charge in [0.2, 0.25) is 0 Å². The van der Waals surface area contributed by atoms with E-state index in [1.54, 1.807) is 0 Å². The quantitative estimate of drug-likeness (QED) is 0.654. The van der Waals surface area contributed by atoms with Crippen molar-refractivity contribution in [3.63, 3.8) is 0 Å². The fraction of sp³-hybridized carbons (Fsp3) is 0.750. The summed E-state index contributed by atoms with van der Waals surface area (Å²) < 4.78 is 0. The van der Waals surface area contributed by atoms with Crippen molar-refractivity contribution in [3.8, 4) is 0 Å². The Labute approximate surface area is 90.2 Å². The molecule has 0 atom stereocenters. The van der Waals surface area contributed by atoms with Gasteiger partial charge in [-0.2, -0.15) is 0 Å². The van der Waals surface area contributed by atoms with Gasteiger partial charge in [-0.25, -0.2) is 0 Å². The van der Waals surface area contributed by atoms with E-state index in [2.05, 4.69) is 0 Å². The first kappa shape index (κ1) is 12.1. The van der Waals surface area contributed by atoms with E-state index < -0.39 is 5.92 Å². The number of Topliss-reactive ketones (excluding diaryl/α,β-unsaturated/α-hetero) is 3. The SMILES string of the molecule is CC.O=C1CCCC(=O)C1C(=O)C1CC1. The molecule has 0 heterocycles. The van der Waals surface area contributed by atoms with Crippen LogP contribution in [0.15, 0.2) is 0 Å². The molecule has 0 aliphatic heterocycles. The molecule has 0 spiro atoms. The van der Waals surface area contributed by atoms with Crippen LogP contribution in [0.1, 0.15) is 46.0 Å². The summed E-state index contributed by atoms with van der Waals surface area (Å²) in [5.41, 5.74) is 0. The largest absolute Gasteiger partial charge is 0.298 e. The van der Waals surface area contributed by atoms with Gasteiger partial charge < -0.3 is 0 Å². The summed E-state index contributed by atoms with van der Waals surface area (Å²) in [4.78, 5) is 34.2. The second-order valence-electron chi connectivity index (χ2n) is 3.90. The molecule has 0 aromatic rings. The van der Waals surface area contributed by atoms with E-state index in [4.69, 9.17) is 0 Å². The first-order chi connectivity index (χ1) is 7.20. The van der Waals surface area contributed by atoms with Crippen LogP contribution in [0.3, 0.4) is 0 Å². The first-order valence-electron chi connectivity index (χ1n) is 5.79. The molecular weight excluding hydrogens is 192 g/mol. The summed E-state index contributed by atoms with van der Waals surface area (Å²) in [6.07, 6.45) is 3.20. The average Bonchev–Trinajstić information content (AvgIpc) is 3.03. The van der Waals surface area contributed by atoms with Crippen molar-refractivity contribution in [2.45, 2.75) is 46.0 Å². The molecule has 0 aromatic carbocycles. The van der Waals surface area contributed by atoms with Crippen molar-refractivity contribution in [2.24, 2.45) is 11.8 Å². The summed E-state index contributed by atoms with van der Waals surface area (Å²) in [7, 11) is 0. The molecule has 15 heavy (non-hydrogen) atoms. The van der Waals surface area contributed by atoms with E-state index in [0.717, 1.165) is 12.8 Å². The lowest BCUT2D eigenvalue weighted by molar-refractivity contribution is -0.142. The normalized spacial score (nSPS) is 22.0. The van der Waals surface area contributed by atoms with Crippen molar-refractivity contribution >= 4 is 17.3 Å². The minimum atomic E-state index is -0.874. The van der Waals surface area contributed by atoms with Crippen LogP contribution in [-0.2, 0) is 14.4 Å². The Balaban J connectivity index is 0.000000531. The molecule has 2 aliphatic rings. The Kier molecular flexibility index (Phi) is 4.18. The smallest absolute Gasteiger partial charge is 0.153 e. The van der Waals surface area contributed by atoms with E-state index in [0.29, 0.717) is 19.3 Å².